The Balaban J connectivity index is 0. The molecule has 0 aliphatic rings. The maximum atomic E-state index is 0. The summed E-state index contributed by atoms with van der Waals surface area (Å²) in [5, 5.41) is 0. The molecule has 0 amide bonds. The normalized spacial score (nSPS) is 0. The van der Waals surface area contributed by atoms with E-state index in [1.807, 2.05) is 0 Å². The fourth-order valence-electron chi connectivity index (χ4n) is 0. The fourth-order valence-corrected chi connectivity index (χ4v) is 0. The smallest absolute Gasteiger partial charge is 1.00 e. The van der Waals surface area contributed by atoms with Crippen LogP contribution in [0.3, 0.4) is 0 Å². The zero-order valence-electron chi connectivity index (χ0n) is 2.61. The average molecular weight is 122 g/mol. The largest absolute Gasteiger partial charge is 3.00 e. The van der Waals surface area contributed by atoms with Crippen LogP contribution in [0.5, 0.6) is 0 Å². The third-order valence-electron chi connectivity index (χ3n) is 0. The molecular formula is H3AlClMgO2+3. The molecule has 0 saturated carbocycles. The second-order valence-corrected chi connectivity index (χ2v) is 0. The second kappa shape index (κ2) is 49.2. The summed E-state index contributed by atoms with van der Waals surface area (Å²) in [5.74, 6) is 0. The van der Waals surface area contributed by atoms with Crippen molar-refractivity contribution in [2.75, 3.05) is 0 Å². The summed E-state index contributed by atoms with van der Waals surface area (Å²) in [5.41, 5.74) is 0. The van der Waals surface area contributed by atoms with E-state index in [-0.39, 0.29) is 63.8 Å². The number of rotatable bonds is 0. The molecule has 5 heavy (non-hydrogen) atoms. The zero-order chi connectivity index (χ0) is 0. The van der Waals surface area contributed by atoms with Crippen molar-refractivity contribution in [2.45, 2.75) is 0 Å². The first-order valence-electron chi connectivity index (χ1n) is 0. The molecule has 0 aromatic rings. The van der Waals surface area contributed by atoms with E-state index in [1.54, 1.807) is 0 Å². The summed E-state index contributed by atoms with van der Waals surface area (Å²) in [6, 6.07) is 0. The van der Waals surface area contributed by atoms with Gasteiger partial charge in [0.05, 0.1) is 0 Å². The van der Waals surface area contributed by atoms with Crippen LogP contribution in [0.4, 0.5) is 0 Å². The Hall–Kier alpha value is 1.51. The van der Waals surface area contributed by atoms with Gasteiger partial charge in [-0.15, -0.1) is 0 Å². The number of hydrogen-bond donors (Lipinski definition) is 0. The Labute approximate surface area is 63.6 Å². The molecule has 24 valence electrons. The van der Waals surface area contributed by atoms with Crippen molar-refractivity contribution in [3.05, 3.63) is 0 Å². The van der Waals surface area contributed by atoms with Crippen molar-refractivity contribution in [3.8, 4) is 0 Å². The maximum absolute atomic E-state index is 0. The van der Waals surface area contributed by atoms with Crippen LogP contribution in [0, 0.1) is 0 Å². The van der Waals surface area contributed by atoms with E-state index in [2.05, 4.69) is 0 Å². The molecule has 2 nitrogen and oxygen atoms in total. The van der Waals surface area contributed by atoms with Crippen molar-refractivity contribution in [1.82, 2.24) is 0 Å². The molecule has 0 spiro atoms. The Morgan fingerprint density at radius 3 is 1.00 bits per heavy atom. The first-order valence-corrected chi connectivity index (χ1v) is 0. The second-order valence-electron chi connectivity index (χ2n) is 0. The van der Waals surface area contributed by atoms with E-state index >= 15 is 0 Å². The molecule has 0 rings (SSSR count). The molecule has 0 aromatic heterocycles. The minimum atomic E-state index is 0. The van der Waals surface area contributed by atoms with Gasteiger partial charge >= 0.3 is 40.4 Å². The van der Waals surface area contributed by atoms with Gasteiger partial charge in [0.2, 0.25) is 0 Å². The van der Waals surface area contributed by atoms with Gasteiger partial charge in [-0.05, 0) is 0 Å². The van der Waals surface area contributed by atoms with Gasteiger partial charge in [0, 0.05) is 0 Å². The fraction of sp³-hybridized carbons (Fsp3) is 0. The van der Waals surface area contributed by atoms with E-state index in [9.17, 15) is 0 Å². The predicted molar refractivity (Wildman–Crippen MR) is 17.1 cm³/mol. The van der Waals surface area contributed by atoms with Crippen LogP contribution in [0.15, 0.2) is 0 Å². The Kier molecular flexibility index (Phi) is 854. The molecule has 0 unspecified atom stereocenters. The molecule has 0 aliphatic carbocycles. The molecule has 0 radical (unpaired) electrons. The Bertz CT molecular complexity index is 9.61. The van der Waals surface area contributed by atoms with Crippen LogP contribution in [0.1, 0.15) is 0 Å². The first-order chi connectivity index (χ1) is 0. The predicted octanol–water partition coefficient (Wildman–Crippen LogP) is -4.76. The molecule has 0 heterocycles. The minimum absolute atomic E-state index is 0. The molecule has 0 atom stereocenters. The monoisotopic (exact) mass is 121 g/mol. The van der Waals surface area contributed by atoms with Crippen LogP contribution in [0.2, 0.25) is 0 Å². The summed E-state index contributed by atoms with van der Waals surface area (Å²) in [6.07, 6.45) is 0. The van der Waals surface area contributed by atoms with Crippen LogP contribution in [0.25, 0.3) is 0 Å². The van der Waals surface area contributed by atoms with Gasteiger partial charge in [-0.3, -0.25) is 0 Å². The quantitative estimate of drug-likeness (QED) is 0.297. The van der Waals surface area contributed by atoms with Gasteiger partial charge in [-0.1, -0.05) is 0 Å². The maximum Gasteiger partial charge on any atom is 3.00 e. The molecular weight excluding hydrogens is 119 g/mol. The van der Waals surface area contributed by atoms with Crippen molar-refractivity contribution >= 4 is 40.4 Å². The SMILES string of the molecule is O.[Al+3].[Cl-].[Mg+2].[OH-]. The van der Waals surface area contributed by atoms with E-state index in [4.69, 9.17) is 0 Å². The molecule has 3 N–H and O–H groups in total. The van der Waals surface area contributed by atoms with Gasteiger partial charge in [0.25, 0.3) is 0 Å². The molecule has 0 bridgehead atoms. The van der Waals surface area contributed by atoms with E-state index in [0.29, 0.717) is 0 Å². The van der Waals surface area contributed by atoms with Crippen molar-refractivity contribution in [3.63, 3.8) is 0 Å². The zero-order valence-corrected chi connectivity index (χ0v) is 5.93. The topological polar surface area (TPSA) is 61.5 Å². The van der Waals surface area contributed by atoms with Gasteiger partial charge in [-0.25, -0.2) is 0 Å². The van der Waals surface area contributed by atoms with Gasteiger partial charge in [-0.2, -0.15) is 0 Å². The van der Waals surface area contributed by atoms with Crippen LogP contribution >= 0.6 is 0 Å². The molecule has 0 saturated heterocycles. The van der Waals surface area contributed by atoms with E-state index < -0.39 is 0 Å². The average Bonchev–Trinajstić information content (AvgIpc) is 0. The molecule has 5 heteroatoms. The molecule has 0 aliphatic heterocycles. The summed E-state index contributed by atoms with van der Waals surface area (Å²) >= 11 is 0. The van der Waals surface area contributed by atoms with E-state index in [1.165, 1.54) is 0 Å². The van der Waals surface area contributed by atoms with Crippen molar-refractivity contribution in [1.29, 1.82) is 0 Å². The Morgan fingerprint density at radius 1 is 1.00 bits per heavy atom. The van der Waals surface area contributed by atoms with Crippen molar-refractivity contribution in [2.24, 2.45) is 0 Å². The summed E-state index contributed by atoms with van der Waals surface area (Å²) in [6.45, 7) is 0. The third-order valence-corrected chi connectivity index (χ3v) is 0. The number of hydrogen-bond acceptors (Lipinski definition) is 1. The van der Waals surface area contributed by atoms with Crippen molar-refractivity contribution < 1.29 is 23.4 Å². The summed E-state index contributed by atoms with van der Waals surface area (Å²) < 4.78 is 0. The summed E-state index contributed by atoms with van der Waals surface area (Å²) in [4.78, 5) is 0. The summed E-state index contributed by atoms with van der Waals surface area (Å²) in [7, 11) is 0. The van der Waals surface area contributed by atoms with Crippen LogP contribution in [-0.4, -0.2) is 51.4 Å². The van der Waals surface area contributed by atoms with Gasteiger partial charge in [0.1, 0.15) is 0 Å². The molecule has 0 fully saturated rings. The van der Waals surface area contributed by atoms with Crippen LogP contribution in [-0.2, 0) is 0 Å². The minimum Gasteiger partial charge on any atom is -1.00 e. The number of halogens is 1. The van der Waals surface area contributed by atoms with E-state index in [0.717, 1.165) is 0 Å². The van der Waals surface area contributed by atoms with Crippen LogP contribution < -0.4 is 12.4 Å². The molecule has 0 aromatic carbocycles. The van der Waals surface area contributed by atoms with Gasteiger partial charge in [0.15, 0.2) is 0 Å². The standard InChI is InChI=1S/Al.ClH.Mg.2H2O/h;1H;;2*1H2/q+3;;+2;;/p-2. The first kappa shape index (κ1) is 86.8. The third kappa shape index (κ3) is 29.8. The van der Waals surface area contributed by atoms with Gasteiger partial charge < -0.3 is 23.4 Å². The Morgan fingerprint density at radius 2 is 1.00 bits per heavy atom.